The van der Waals surface area contributed by atoms with Gasteiger partial charge < -0.3 is 0 Å². The van der Waals surface area contributed by atoms with E-state index < -0.39 is 5.95 Å². The van der Waals surface area contributed by atoms with Crippen LogP contribution >= 0.6 is 11.3 Å². The number of hydrogen-bond acceptors (Lipinski definition) is 3. The molecule has 0 saturated heterocycles. The van der Waals surface area contributed by atoms with E-state index in [-0.39, 0.29) is 5.78 Å². The van der Waals surface area contributed by atoms with Crippen molar-refractivity contribution < 1.29 is 9.18 Å². The summed E-state index contributed by atoms with van der Waals surface area (Å²) in [5.74, 6) is -0.498. The summed E-state index contributed by atoms with van der Waals surface area (Å²) >= 11 is 1.39. The van der Waals surface area contributed by atoms with Gasteiger partial charge in [0.05, 0.1) is 4.88 Å². The predicted molar refractivity (Wildman–Crippen MR) is 57.5 cm³/mol. The first kappa shape index (κ1) is 9.98. The molecule has 2 rings (SSSR count). The van der Waals surface area contributed by atoms with Crippen LogP contribution in [0, 0.1) is 5.95 Å². The average molecular weight is 221 g/mol. The number of halogens is 1. The highest BCUT2D eigenvalue weighted by Gasteiger charge is 2.10. The van der Waals surface area contributed by atoms with Crippen LogP contribution in [-0.4, -0.2) is 10.8 Å². The molecule has 2 nitrogen and oxygen atoms in total. The van der Waals surface area contributed by atoms with E-state index >= 15 is 0 Å². The van der Waals surface area contributed by atoms with Crippen molar-refractivity contribution in [2.45, 2.75) is 6.92 Å². The number of thiophene rings is 1. The highest BCUT2D eigenvalue weighted by Crippen LogP contribution is 2.28. The number of Topliss-reactive ketones (excluding diaryl/α,β-unsaturated/α-hetero) is 1. The molecule has 0 aliphatic carbocycles. The number of carbonyl (C=O) groups is 1. The molecule has 0 atom stereocenters. The predicted octanol–water partition coefficient (Wildman–Crippen LogP) is 3.15. The van der Waals surface area contributed by atoms with E-state index in [0.29, 0.717) is 4.88 Å². The average Bonchev–Trinajstić information content (AvgIpc) is 2.67. The second-order valence-electron chi connectivity index (χ2n) is 3.09. The highest BCUT2D eigenvalue weighted by molar-refractivity contribution is 7.12. The van der Waals surface area contributed by atoms with E-state index in [1.54, 1.807) is 6.07 Å². The Balaban J connectivity index is 2.49. The molecule has 4 heteroatoms. The SMILES string of the molecule is CC(=O)c1sccc1-c1ccc(F)nc1. The summed E-state index contributed by atoms with van der Waals surface area (Å²) < 4.78 is 12.6. The topological polar surface area (TPSA) is 30.0 Å². The van der Waals surface area contributed by atoms with E-state index in [0.717, 1.165) is 11.1 Å². The van der Waals surface area contributed by atoms with Crippen LogP contribution in [0.4, 0.5) is 4.39 Å². The van der Waals surface area contributed by atoms with Crippen molar-refractivity contribution in [1.82, 2.24) is 4.98 Å². The quantitative estimate of drug-likeness (QED) is 0.576. The maximum absolute atomic E-state index is 12.6. The van der Waals surface area contributed by atoms with Gasteiger partial charge in [0, 0.05) is 17.3 Å². The van der Waals surface area contributed by atoms with Crippen LogP contribution in [0.1, 0.15) is 16.6 Å². The Morgan fingerprint density at radius 1 is 1.40 bits per heavy atom. The molecule has 2 heterocycles. The van der Waals surface area contributed by atoms with E-state index in [4.69, 9.17) is 0 Å². The molecular formula is C11H8FNOS. The Morgan fingerprint density at radius 3 is 2.80 bits per heavy atom. The van der Waals surface area contributed by atoms with Gasteiger partial charge in [-0.25, -0.2) is 4.98 Å². The van der Waals surface area contributed by atoms with Crippen molar-refractivity contribution in [3.63, 3.8) is 0 Å². The van der Waals surface area contributed by atoms with Gasteiger partial charge in [-0.2, -0.15) is 4.39 Å². The summed E-state index contributed by atoms with van der Waals surface area (Å²) in [4.78, 5) is 15.5. The molecule has 0 amide bonds. The van der Waals surface area contributed by atoms with Gasteiger partial charge in [-0.3, -0.25) is 4.79 Å². The summed E-state index contributed by atoms with van der Waals surface area (Å²) in [6.45, 7) is 1.52. The molecule has 15 heavy (non-hydrogen) atoms. The standard InChI is InChI=1S/C11H8FNOS/c1-7(14)11-9(4-5-15-11)8-2-3-10(12)13-6-8/h2-6H,1H3. The molecule has 0 unspecified atom stereocenters. The summed E-state index contributed by atoms with van der Waals surface area (Å²) in [5.41, 5.74) is 1.59. The minimum Gasteiger partial charge on any atom is -0.294 e. The first-order valence-electron chi connectivity index (χ1n) is 4.39. The molecule has 0 aliphatic heterocycles. The molecule has 0 aromatic carbocycles. The second kappa shape index (κ2) is 3.90. The molecule has 0 fully saturated rings. The molecule has 76 valence electrons. The third-order valence-electron chi connectivity index (χ3n) is 2.02. The zero-order valence-corrected chi connectivity index (χ0v) is 8.84. The molecular weight excluding hydrogens is 213 g/mol. The first-order valence-corrected chi connectivity index (χ1v) is 5.27. The van der Waals surface area contributed by atoms with E-state index in [1.807, 2.05) is 11.4 Å². The van der Waals surface area contributed by atoms with Crippen LogP contribution in [0.25, 0.3) is 11.1 Å². The Kier molecular flexibility index (Phi) is 2.60. The lowest BCUT2D eigenvalue weighted by molar-refractivity contribution is 0.102. The van der Waals surface area contributed by atoms with Crippen molar-refractivity contribution in [2.24, 2.45) is 0 Å². The zero-order valence-electron chi connectivity index (χ0n) is 8.03. The third-order valence-corrected chi connectivity index (χ3v) is 3.04. The fourth-order valence-corrected chi connectivity index (χ4v) is 2.16. The maximum atomic E-state index is 12.6. The monoisotopic (exact) mass is 221 g/mol. The summed E-state index contributed by atoms with van der Waals surface area (Å²) in [6, 6.07) is 4.75. The normalized spacial score (nSPS) is 10.3. The Morgan fingerprint density at radius 2 is 2.20 bits per heavy atom. The van der Waals surface area contributed by atoms with Crippen molar-refractivity contribution in [3.05, 3.63) is 40.6 Å². The van der Waals surface area contributed by atoms with Crippen molar-refractivity contribution in [3.8, 4) is 11.1 Å². The number of hydrogen-bond donors (Lipinski definition) is 0. The van der Waals surface area contributed by atoms with Crippen LogP contribution in [0.5, 0.6) is 0 Å². The van der Waals surface area contributed by atoms with E-state index in [9.17, 15) is 9.18 Å². The lowest BCUT2D eigenvalue weighted by Gasteiger charge is -1.99. The van der Waals surface area contributed by atoms with Gasteiger partial charge in [0.1, 0.15) is 0 Å². The van der Waals surface area contributed by atoms with Gasteiger partial charge in [-0.1, -0.05) is 0 Å². The van der Waals surface area contributed by atoms with Crippen molar-refractivity contribution in [1.29, 1.82) is 0 Å². The fourth-order valence-electron chi connectivity index (χ4n) is 1.34. The number of rotatable bonds is 2. The zero-order chi connectivity index (χ0) is 10.8. The van der Waals surface area contributed by atoms with Crippen LogP contribution in [0.2, 0.25) is 0 Å². The molecule has 0 aliphatic rings. The molecule has 0 bridgehead atoms. The Labute approximate surface area is 90.4 Å². The fraction of sp³-hybridized carbons (Fsp3) is 0.0909. The maximum Gasteiger partial charge on any atom is 0.212 e. The number of ketones is 1. The van der Waals surface area contributed by atoms with Crippen LogP contribution in [-0.2, 0) is 0 Å². The lowest BCUT2D eigenvalue weighted by Crippen LogP contribution is -1.91. The van der Waals surface area contributed by atoms with E-state index in [1.165, 1.54) is 30.5 Å². The van der Waals surface area contributed by atoms with Crippen LogP contribution in [0.3, 0.4) is 0 Å². The Hall–Kier alpha value is -1.55. The van der Waals surface area contributed by atoms with Gasteiger partial charge in [0.25, 0.3) is 0 Å². The number of aromatic nitrogens is 1. The smallest absolute Gasteiger partial charge is 0.212 e. The minimum absolute atomic E-state index is 0.0179. The van der Waals surface area contributed by atoms with Crippen molar-refractivity contribution >= 4 is 17.1 Å². The second-order valence-corrected chi connectivity index (χ2v) is 4.01. The molecule has 2 aromatic heterocycles. The van der Waals surface area contributed by atoms with Gasteiger partial charge in [0.15, 0.2) is 5.78 Å². The lowest BCUT2D eigenvalue weighted by atomic mass is 10.1. The van der Waals surface area contributed by atoms with Gasteiger partial charge in [0.2, 0.25) is 5.95 Å². The molecule has 0 spiro atoms. The number of carbonyl (C=O) groups excluding carboxylic acids is 1. The van der Waals surface area contributed by atoms with Crippen molar-refractivity contribution in [2.75, 3.05) is 0 Å². The van der Waals surface area contributed by atoms with Gasteiger partial charge >= 0.3 is 0 Å². The summed E-state index contributed by atoms with van der Waals surface area (Å²) in [6.07, 6.45) is 1.43. The Bertz CT molecular complexity index is 490. The highest BCUT2D eigenvalue weighted by atomic mass is 32.1. The third kappa shape index (κ3) is 1.94. The first-order chi connectivity index (χ1) is 7.18. The van der Waals surface area contributed by atoms with E-state index in [2.05, 4.69) is 4.98 Å². The largest absolute Gasteiger partial charge is 0.294 e. The molecule has 0 N–H and O–H groups in total. The van der Waals surface area contributed by atoms with Crippen LogP contribution in [0.15, 0.2) is 29.8 Å². The molecule has 0 radical (unpaired) electrons. The number of nitrogens with zero attached hydrogens (tertiary/aromatic N) is 1. The van der Waals surface area contributed by atoms with Gasteiger partial charge in [-0.15, -0.1) is 11.3 Å². The van der Waals surface area contributed by atoms with Gasteiger partial charge in [-0.05, 0) is 30.5 Å². The summed E-state index contributed by atoms with van der Waals surface area (Å²) in [7, 11) is 0. The number of pyridine rings is 1. The minimum atomic E-state index is -0.515. The van der Waals surface area contributed by atoms with Crippen LogP contribution < -0.4 is 0 Å². The summed E-state index contributed by atoms with van der Waals surface area (Å²) in [5, 5.41) is 1.84. The molecule has 0 saturated carbocycles. The molecule has 2 aromatic rings.